The zero-order valence-corrected chi connectivity index (χ0v) is 10.5. The largest absolute Gasteiger partial charge is 0.393 e. The van der Waals surface area contributed by atoms with Gasteiger partial charge < -0.3 is 25.2 Å². The van der Waals surface area contributed by atoms with Crippen LogP contribution >= 0.6 is 0 Å². The fourth-order valence-electron chi connectivity index (χ4n) is 1.99. The molecule has 0 aromatic carbocycles. The minimum Gasteiger partial charge on any atom is -0.393 e. The van der Waals surface area contributed by atoms with E-state index in [4.69, 9.17) is 4.74 Å². The van der Waals surface area contributed by atoms with Gasteiger partial charge in [-0.15, -0.1) is 0 Å². The van der Waals surface area contributed by atoms with Gasteiger partial charge in [0, 0.05) is 6.42 Å². The second-order valence-electron chi connectivity index (χ2n) is 5.28. The maximum absolute atomic E-state index is 9.79. The summed E-state index contributed by atoms with van der Waals surface area (Å²) in [5, 5.41) is 38.2. The normalized spacial score (nSPS) is 36.2. The summed E-state index contributed by atoms with van der Waals surface area (Å²) in [6.45, 7) is 4.16. The summed E-state index contributed by atoms with van der Waals surface area (Å²) in [7, 11) is 0. The van der Waals surface area contributed by atoms with E-state index in [0.717, 1.165) is 6.42 Å². The average Bonchev–Trinajstić information content (AvgIpc) is 2.27. The summed E-state index contributed by atoms with van der Waals surface area (Å²) in [6, 6.07) is 0. The SMILES string of the molecule is CC(C)CCC(O)C[C@@H]1OC[C@@H](O)[C@H](O)[C@H]1O. The number of aliphatic hydroxyl groups excluding tert-OH is 4. The fourth-order valence-corrected chi connectivity index (χ4v) is 1.99. The van der Waals surface area contributed by atoms with E-state index in [0.29, 0.717) is 12.3 Å². The molecule has 1 rings (SSSR count). The van der Waals surface area contributed by atoms with Crippen LogP contribution in [0.4, 0.5) is 0 Å². The third-order valence-corrected chi connectivity index (χ3v) is 3.19. The highest BCUT2D eigenvalue weighted by atomic mass is 16.5. The number of rotatable bonds is 5. The van der Waals surface area contributed by atoms with Crippen molar-refractivity contribution in [2.75, 3.05) is 6.61 Å². The zero-order chi connectivity index (χ0) is 13.0. The Balaban J connectivity index is 2.35. The van der Waals surface area contributed by atoms with Gasteiger partial charge in [-0.25, -0.2) is 0 Å². The molecule has 0 aromatic heterocycles. The van der Waals surface area contributed by atoms with Crippen molar-refractivity contribution < 1.29 is 25.2 Å². The Kier molecular flexibility index (Phi) is 5.82. The molecule has 1 unspecified atom stereocenters. The second-order valence-corrected chi connectivity index (χ2v) is 5.28. The van der Waals surface area contributed by atoms with Crippen LogP contribution in [-0.4, -0.2) is 57.6 Å². The van der Waals surface area contributed by atoms with E-state index in [2.05, 4.69) is 13.8 Å². The molecule has 0 bridgehead atoms. The van der Waals surface area contributed by atoms with Crippen molar-refractivity contribution in [1.82, 2.24) is 0 Å². The van der Waals surface area contributed by atoms with E-state index >= 15 is 0 Å². The molecule has 1 saturated heterocycles. The molecule has 0 aromatic rings. The predicted molar refractivity (Wildman–Crippen MR) is 62.5 cm³/mol. The first kappa shape index (κ1) is 14.9. The quantitative estimate of drug-likeness (QED) is 0.534. The molecule has 0 amide bonds. The summed E-state index contributed by atoms with van der Waals surface area (Å²) >= 11 is 0. The van der Waals surface area contributed by atoms with Crippen molar-refractivity contribution in [3.8, 4) is 0 Å². The minimum absolute atomic E-state index is 0.000204. The third kappa shape index (κ3) is 4.52. The molecule has 5 atom stereocenters. The highest BCUT2D eigenvalue weighted by molar-refractivity contribution is 4.87. The van der Waals surface area contributed by atoms with Crippen LogP contribution in [0.2, 0.25) is 0 Å². The van der Waals surface area contributed by atoms with Gasteiger partial charge in [-0.1, -0.05) is 13.8 Å². The van der Waals surface area contributed by atoms with E-state index in [9.17, 15) is 20.4 Å². The predicted octanol–water partition coefficient (Wildman–Crippen LogP) is -0.345. The van der Waals surface area contributed by atoms with Crippen LogP contribution in [0, 0.1) is 5.92 Å². The average molecular weight is 248 g/mol. The standard InChI is InChI=1S/C12H24O5/c1-7(2)3-4-8(13)5-10-12(16)11(15)9(14)6-17-10/h7-16H,3-6H2,1-2H3/t8?,9-,10+,11+,12+/m1/s1. The molecular weight excluding hydrogens is 224 g/mol. The number of hydrogen-bond donors (Lipinski definition) is 4. The van der Waals surface area contributed by atoms with Gasteiger partial charge in [0.2, 0.25) is 0 Å². The Hall–Kier alpha value is -0.200. The van der Waals surface area contributed by atoms with Crippen molar-refractivity contribution in [3.05, 3.63) is 0 Å². The van der Waals surface area contributed by atoms with E-state index in [-0.39, 0.29) is 13.0 Å². The van der Waals surface area contributed by atoms with Crippen LogP contribution in [0.3, 0.4) is 0 Å². The first-order chi connectivity index (χ1) is 7.91. The molecule has 0 spiro atoms. The molecular formula is C12H24O5. The van der Waals surface area contributed by atoms with Gasteiger partial charge in [0.1, 0.15) is 18.3 Å². The number of aliphatic hydroxyl groups is 4. The molecule has 0 radical (unpaired) electrons. The topological polar surface area (TPSA) is 90.2 Å². The lowest BCUT2D eigenvalue weighted by atomic mass is 9.94. The van der Waals surface area contributed by atoms with Crippen molar-refractivity contribution >= 4 is 0 Å². The molecule has 5 nitrogen and oxygen atoms in total. The lowest BCUT2D eigenvalue weighted by molar-refractivity contribution is -0.193. The molecule has 1 aliphatic heterocycles. The summed E-state index contributed by atoms with van der Waals surface area (Å²) in [5.41, 5.74) is 0. The van der Waals surface area contributed by atoms with Crippen LogP contribution in [0.25, 0.3) is 0 Å². The van der Waals surface area contributed by atoms with Crippen molar-refractivity contribution in [1.29, 1.82) is 0 Å². The molecule has 17 heavy (non-hydrogen) atoms. The van der Waals surface area contributed by atoms with Crippen LogP contribution in [0.15, 0.2) is 0 Å². The molecule has 0 aliphatic carbocycles. The van der Waals surface area contributed by atoms with Gasteiger partial charge in [0.25, 0.3) is 0 Å². The van der Waals surface area contributed by atoms with Crippen LogP contribution in [-0.2, 0) is 4.74 Å². The Morgan fingerprint density at radius 1 is 1.12 bits per heavy atom. The molecule has 1 aliphatic rings. The summed E-state index contributed by atoms with van der Waals surface area (Å²) in [5.74, 6) is 0.522. The van der Waals surface area contributed by atoms with Crippen LogP contribution < -0.4 is 0 Å². The highest BCUT2D eigenvalue weighted by Crippen LogP contribution is 2.21. The summed E-state index contributed by atoms with van der Waals surface area (Å²) in [4.78, 5) is 0. The van der Waals surface area contributed by atoms with E-state index in [1.165, 1.54) is 0 Å². The molecule has 1 heterocycles. The van der Waals surface area contributed by atoms with Crippen molar-refractivity contribution in [3.63, 3.8) is 0 Å². The Bertz CT molecular complexity index is 221. The van der Waals surface area contributed by atoms with Gasteiger partial charge in [0.05, 0.1) is 18.8 Å². The molecule has 0 saturated carbocycles. The smallest absolute Gasteiger partial charge is 0.111 e. The Labute approximate surface area is 102 Å². The van der Waals surface area contributed by atoms with Crippen LogP contribution in [0.5, 0.6) is 0 Å². The fraction of sp³-hybridized carbons (Fsp3) is 1.00. The summed E-state index contributed by atoms with van der Waals surface area (Å²) in [6.07, 6.45) is -2.65. The monoisotopic (exact) mass is 248 g/mol. The van der Waals surface area contributed by atoms with E-state index in [1.807, 2.05) is 0 Å². The Morgan fingerprint density at radius 3 is 2.35 bits per heavy atom. The zero-order valence-electron chi connectivity index (χ0n) is 10.5. The minimum atomic E-state index is -1.19. The number of ether oxygens (including phenoxy) is 1. The van der Waals surface area contributed by atoms with Gasteiger partial charge in [-0.3, -0.25) is 0 Å². The molecule has 5 heteroatoms. The lowest BCUT2D eigenvalue weighted by Gasteiger charge is -2.36. The van der Waals surface area contributed by atoms with Gasteiger partial charge in [0.15, 0.2) is 0 Å². The lowest BCUT2D eigenvalue weighted by Crippen LogP contribution is -2.53. The van der Waals surface area contributed by atoms with E-state index in [1.54, 1.807) is 0 Å². The first-order valence-corrected chi connectivity index (χ1v) is 6.25. The van der Waals surface area contributed by atoms with Gasteiger partial charge >= 0.3 is 0 Å². The van der Waals surface area contributed by atoms with Crippen molar-refractivity contribution in [2.45, 2.75) is 63.6 Å². The highest BCUT2D eigenvalue weighted by Gasteiger charge is 2.38. The Morgan fingerprint density at radius 2 is 1.76 bits per heavy atom. The third-order valence-electron chi connectivity index (χ3n) is 3.19. The molecule has 4 N–H and O–H groups in total. The number of hydrogen-bond acceptors (Lipinski definition) is 5. The second kappa shape index (κ2) is 6.66. The van der Waals surface area contributed by atoms with Gasteiger partial charge in [-0.05, 0) is 18.8 Å². The van der Waals surface area contributed by atoms with E-state index < -0.39 is 30.5 Å². The molecule has 102 valence electrons. The maximum atomic E-state index is 9.79. The van der Waals surface area contributed by atoms with Crippen LogP contribution in [0.1, 0.15) is 33.1 Å². The van der Waals surface area contributed by atoms with Gasteiger partial charge in [-0.2, -0.15) is 0 Å². The maximum Gasteiger partial charge on any atom is 0.111 e. The summed E-state index contributed by atoms with van der Waals surface area (Å²) < 4.78 is 5.23. The van der Waals surface area contributed by atoms with Crippen molar-refractivity contribution in [2.24, 2.45) is 5.92 Å². The molecule has 1 fully saturated rings. The first-order valence-electron chi connectivity index (χ1n) is 6.25.